The van der Waals surface area contributed by atoms with Gasteiger partial charge in [0, 0.05) is 40.7 Å². The Balaban J connectivity index is 1.14. The maximum absolute atomic E-state index is 2.40. The highest BCUT2D eigenvalue weighted by molar-refractivity contribution is 6.21. The minimum absolute atomic E-state index is 1.16. The zero-order valence-electron chi connectivity index (χ0n) is 27.9. The number of hydrogen-bond donors (Lipinski definition) is 0. The van der Waals surface area contributed by atoms with Crippen LogP contribution in [0.5, 0.6) is 0 Å². The van der Waals surface area contributed by atoms with Crippen molar-refractivity contribution in [3.05, 3.63) is 200 Å². The molecule has 0 amide bonds. The summed E-state index contributed by atoms with van der Waals surface area (Å²) in [5.41, 5.74) is 15.7. The lowest BCUT2D eigenvalue weighted by Crippen LogP contribution is -2.27. The van der Waals surface area contributed by atoms with Gasteiger partial charge in [0.2, 0.25) is 17.1 Å². The molecule has 0 radical (unpaired) electrons. The monoisotopic (exact) mass is 639 g/mol. The molecular weight excluding hydrogens is 605 g/mol. The van der Waals surface area contributed by atoms with Crippen LogP contribution in [0.4, 0.5) is 11.4 Å². The van der Waals surface area contributed by atoms with Crippen molar-refractivity contribution in [1.82, 2.24) is 9.14 Å². The van der Waals surface area contributed by atoms with Crippen molar-refractivity contribution in [2.24, 2.45) is 0 Å². The van der Waals surface area contributed by atoms with E-state index in [2.05, 4.69) is 210 Å². The average molecular weight is 640 g/mol. The Kier molecular flexibility index (Phi) is 7.40. The molecule has 0 N–H and O–H groups in total. The minimum Gasteiger partial charge on any atom is -0.309 e. The summed E-state index contributed by atoms with van der Waals surface area (Å²) in [5.74, 6) is 0. The van der Waals surface area contributed by atoms with Crippen molar-refractivity contribution in [2.75, 3.05) is 0 Å². The van der Waals surface area contributed by atoms with Crippen molar-refractivity contribution < 1.29 is 0 Å². The second kappa shape index (κ2) is 12.5. The van der Waals surface area contributed by atoms with E-state index in [-0.39, 0.29) is 0 Å². The summed E-state index contributed by atoms with van der Waals surface area (Å²) < 4.78 is 4.77. The number of allylic oxidation sites excluding steroid dienone is 4. The first-order valence-corrected chi connectivity index (χ1v) is 17.2. The first kappa shape index (κ1) is 29.6. The fourth-order valence-corrected chi connectivity index (χ4v) is 7.35. The van der Waals surface area contributed by atoms with Crippen LogP contribution < -0.4 is 4.58 Å². The minimum atomic E-state index is 1.16. The summed E-state index contributed by atoms with van der Waals surface area (Å²) >= 11 is 0. The predicted octanol–water partition coefficient (Wildman–Crippen LogP) is 12.6. The van der Waals surface area contributed by atoms with Crippen LogP contribution in [0.3, 0.4) is 0 Å². The molecule has 1 aliphatic heterocycles. The van der Waals surface area contributed by atoms with Crippen molar-refractivity contribution in [3.8, 4) is 39.1 Å². The number of aromatic nitrogens is 1. The van der Waals surface area contributed by atoms with Gasteiger partial charge in [0.25, 0.3) is 0 Å². The number of benzene rings is 7. The summed E-state index contributed by atoms with van der Waals surface area (Å²) in [6.45, 7) is 2.05. The fraction of sp³-hybridized carbons (Fsp3) is 0.0208. The molecule has 0 saturated carbocycles. The molecule has 8 aromatic rings. The third-order valence-electron chi connectivity index (χ3n) is 9.74. The van der Waals surface area contributed by atoms with Crippen molar-refractivity contribution in [3.63, 3.8) is 0 Å². The van der Waals surface area contributed by atoms with Gasteiger partial charge in [0.05, 0.1) is 11.0 Å². The Bertz CT molecular complexity index is 2640. The largest absolute Gasteiger partial charge is 0.309 e. The summed E-state index contributed by atoms with van der Waals surface area (Å²) in [7, 11) is 0. The molecule has 1 aliphatic rings. The fourth-order valence-electron chi connectivity index (χ4n) is 7.35. The number of hydrogen-bond acceptors (Lipinski definition) is 0. The lowest BCUT2D eigenvalue weighted by Gasteiger charge is -2.19. The van der Waals surface area contributed by atoms with Gasteiger partial charge in [-0.05, 0) is 82.8 Å². The van der Waals surface area contributed by atoms with Crippen LogP contribution in [-0.2, 0) is 0 Å². The van der Waals surface area contributed by atoms with Crippen LogP contribution in [-0.4, -0.2) is 10.3 Å². The van der Waals surface area contributed by atoms with Gasteiger partial charge in [-0.15, -0.1) is 0 Å². The molecule has 2 nitrogen and oxygen atoms in total. The average Bonchev–Trinajstić information content (AvgIpc) is 3.51. The van der Waals surface area contributed by atoms with E-state index in [4.69, 9.17) is 0 Å². The lowest BCUT2D eigenvalue weighted by molar-refractivity contribution is 1.03. The van der Waals surface area contributed by atoms with E-state index in [1.54, 1.807) is 0 Å². The van der Waals surface area contributed by atoms with Crippen LogP contribution in [0.1, 0.15) is 12.5 Å². The van der Waals surface area contributed by atoms with E-state index in [0.717, 1.165) is 11.4 Å². The smallest absolute Gasteiger partial charge is 0.225 e. The molecule has 7 aromatic carbocycles. The molecule has 0 saturated heterocycles. The molecular formula is C48H35N2+. The molecule has 0 spiro atoms. The molecule has 50 heavy (non-hydrogen) atoms. The molecule has 2 heterocycles. The standard InChI is InChI=1S/C48H35N2/c1-2-3-6-24-46-44-33-39(27-29-48(44)50(46)41-22-14-20-37(31-41)35-17-9-5-10-18-35)38-26-28-47-43(32-38)42-23-11-12-25-45(42)49(47)40-21-13-19-36(30-40)34-15-7-4-8-16-34/h2-33H,1H3/q+1/b3-2-,24-6-. The van der Waals surface area contributed by atoms with Gasteiger partial charge < -0.3 is 4.57 Å². The topological polar surface area (TPSA) is 7.94 Å². The molecule has 2 heteroatoms. The van der Waals surface area contributed by atoms with Gasteiger partial charge in [-0.2, -0.15) is 4.58 Å². The highest BCUT2D eigenvalue weighted by Gasteiger charge is 2.36. The Hall–Kier alpha value is -6.51. The van der Waals surface area contributed by atoms with E-state index >= 15 is 0 Å². The number of rotatable bonds is 7. The summed E-state index contributed by atoms with van der Waals surface area (Å²) in [4.78, 5) is 0. The maximum atomic E-state index is 2.40. The van der Waals surface area contributed by atoms with Crippen LogP contribution in [0.2, 0.25) is 0 Å². The second-order valence-electron chi connectivity index (χ2n) is 12.8. The Morgan fingerprint density at radius 1 is 0.460 bits per heavy atom. The summed E-state index contributed by atoms with van der Waals surface area (Å²) in [6.07, 6.45) is 8.51. The van der Waals surface area contributed by atoms with Crippen LogP contribution in [0.25, 0.3) is 60.9 Å². The zero-order chi connectivity index (χ0) is 33.4. The normalized spacial score (nSPS) is 12.7. The van der Waals surface area contributed by atoms with Crippen molar-refractivity contribution >= 4 is 38.9 Å². The summed E-state index contributed by atoms with van der Waals surface area (Å²) in [5, 5.41) is 2.51. The van der Waals surface area contributed by atoms with Gasteiger partial charge in [-0.25, -0.2) is 0 Å². The van der Waals surface area contributed by atoms with Crippen molar-refractivity contribution in [1.29, 1.82) is 0 Å². The van der Waals surface area contributed by atoms with E-state index < -0.39 is 0 Å². The van der Waals surface area contributed by atoms with E-state index in [9.17, 15) is 0 Å². The van der Waals surface area contributed by atoms with E-state index in [1.165, 1.54) is 72.1 Å². The zero-order valence-corrected chi connectivity index (χ0v) is 27.9. The molecule has 236 valence electrons. The molecule has 0 unspecified atom stereocenters. The summed E-state index contributed by atoms with van der Waals surface area (Å²) in [6, 6.07) is 61.5. The quantitative estimate of drug-likeness (QED) is 0.121. The highest BCUT2D eigenvalue weighted by Crippen LogP contribution is 2.40. The third-order valence-corrected chi connectivity index (χ3v) is 9.74. The van der Waals surface area contributed by atoms with Gasteiger partial charge in [0.1, 0.15) is 5.56 Å². The maximum Gasteiger partial charge on any atom is 0.225 e. The number of para-hydroxylation sites is 1. The SMILES string of the molecule is C/C=C\C=C/C1=[N+](c2cccc(-c3ccccc3)c2)c2ccc(-c3ccc4c(c3)c3ccccc3n4-c3cccc(-c4ccccc4)c3)cc21. The third kappa shape index (κ3) is 5.10. The van der Waals surface area contributed by atoms with Crippen LogP contribution in [0, 0.1) is 0 Å². The first-order valence-electron chi connectivity index (χ1n) is 17.2. The molecule has 9 rings (SSSR count). The van der Waals surface area contributed by atoms with Crippen LogP contribution in [0.15, 0.2) is 194 Å². The van der Waals surface area contributed by atoms with Gasteiger partial charge in [0.15, 0.2) is 0 Å². The Morgan fingerprint density at radius 3 is 1.86 bits per heavy atom. The Morgan fingerprint density at radius 2 is 1.08 bits per heavy atom. The Labute approximate surface area is 292 Å². The van der Waals surface area contributed by atoms with E-state index in [0.29, 0.717) is 0 Å². The first-order chi connectivity index (χ1) is 24.8. The predicted molar refractivity (Wildman–Crippen MR) is 213 cm³/mol. The van der Waals surface area contributed by atoms with E-state index in [1.807, 2.05) is 0 Å². The van der Waals surface area contributed by atoms with Crippen LogP contribution >= 0.6 is 0 Å². The molecule has 0 bridgehead atoms. The molecule has 0 fully saturated rings. The highest BCUT2D eigenvalue weighted by atomic mass is 15.1. The second-order valence-corrected chi connectivity index (χ2v) is 12.8. The number of fused-ring (bicyclic) bond motifs is 4. The van der Waals surface area contributed by atoms with Gasteiger partial charge in [-0.1, -0.05) is 127 Å². The van der Waals surface area contributed by atoms with Gasteiger partial charge >= 0.3 is 0 Å². The lowest BCUT2D eigenvalue weighted by atomic mass is 9.92. The number of nitrogens with zero attached hydrogens (tertiary/aromatic N) is 2. The molecule has 1 aromatic heterocycles. The van der Waals surface area contributed by atoms with Crippen molar-refractivity contribution in [2.45, 2.75) is 6.92 Å². The van der Waals surface area contributed by atoms with Gasteiger partial charge in [-0.3, -0.25) is 0 Å². The molecule has 0 aliphatic carbocycles. The molecule has 0 atom stereocenters.